The SMILES string of the molecule is CO[C]c1cccc2c1C=CC(C)(C)O2. The minimum Gasteiger partial charge on any atom is -0.483 e. The quantitative estimate of drug-likeness (QED) is 0.734. The van der Waals surface area contributed by atoms with Crippen molar-refractivity contribution < 1.29 is 9.47 Å². The number of methoxy groups -OCH3 is 1. The van der Waals surface area contributed by atoms with Gasteiger partial charge in [0.2, 0.25) is 0 Å². The maximum absolute atomic E-state index is 5.82. The van der Waals surface area contributed by atoms with E-state index in [1.54, 1.807) is 7.11 Å². The van der Waals surface area contributed by atoms with Crippen molar-refractivity contribution in [3.8, 4) is 5.75 Å². The smallest absolute Gasteiger partial charge is 0.166 e. The zero-order valence-electron chi connectivity index (χ0n) is 9.20. The summed E-state index contributed by atoms with van der Waals surface area (Å²) in [6.45, 7) is 6.89. The van der Waals surface area contributed by atoms with Crippen LogP contribution in [0.3, 0.4) is 0 Å². The fourth-order valence-electron chi connectivity index (χ4n) is 1.61. The van der Waals surface area contributed by atoms with Crippen molar-refractivity contribution in [2.75, 3.05) is 7.11 Å². The van der Waals surface area contributed by atoms with Gasteiger partial charge in [0.1, 0.15) is 11.4 Å². The molecule has 0 bridgehead atoms. The summed E-state index contributed by atoms with van der Waals surface area (Å²) in [5.41, 5.74) is 1.71. The summed E-state index contributed by atoms with van der Waals surface area (Å²) in [6, 6.07) is 5.85. The Balaban J connectivity index is 2.41. The Kier molecular flexibility index (Phi) is 2.53. The normalized spacial score (nSPS) is 17.0. The van der Waals surface area contributed by atoms with E-state index in [1.165, 1.54) is 0 Å². The van der Waals surface area contributed by atoms with Gasteiger partial charge in [-0.25, -0.2) is 0 Å². The van der Waals surface area contributed by atoms with E-state index in [0.29, 0.717) is 0 Å². The van der Waals surface area contributed by atoms with Crippen LogP contribution in [0, 0.1) is 6.61 Å². The van der Waals surface area contributed by atoms with Crippen LogP contribution in [0.15, 0.2) is 24.3 Å². The fourth-order valence-corrected chi connectivity index (χ4v) is 1.61. The van der Waals surface area contributed by atoms with Crippen LogP contribution in [-0.2, 0) is 4.74 Å². The van der Waals surface area contributed by atoms with Crippen LogP contribution >= 0.6 is 0 Å². The van der Waals surface area contributed by atoms with Crippen LogP contribution in [0.2, 0.25) is 0 Å². The minimum absolute atomic E-state index is 0.237. The van der Waals surface area contributed by atoms with Gasteiger partial charge < -0.3 is 9.47 Å². The fraction of sp³-hybridized carbons (Fsp3) is 0.308. The van der Waals surface area contributed by atoms with E-state index in [4.69, 9.17) is 9.47 Å². The standard InChI is InChI=1S/C13H14O2/c1-13(2)8-7-11-10(9-14-3)5-4-6-12(11)15-13/h4-8H,1-3H3. The highest BCUT2D eigenvalue weighted by molar-refractivity contribution is 5.65. The number of hydrogen-bond donors (Lipinski definition) is 0. The molecule has 0 saturated carbocycles. The van der Waals surface area contributed by atoms with Gasteiger partial charge in [0, 0.05) is 18.2 Å². The summed E-state index contributed by atoms with van der Waals surface area (Å²) in [5.74, 6) is 0.879. The van der Waals surface area contributed by atoms with Gasteiger partial charge >= 0.3 is 0 Å². The number of ether oxygens (including phenoxy) is 2. The second-order valence-electron chi connectivity index (χ2n) is 4.06. The monoisotopic (exact) mass is 202 g/mol. The summed E-state index contributed by atoms with van der Waals surface area (Å²) >= 11 is 0. The Morgan fingerprint density at radius 1 is 1.33 bits per heavy atom. The molecule has 78 valence electrons. The molecule has 1 aromatic carbocycles. The first-order valence-corrected chi connectivity index (χ1v) is 4.93. The summed E-state index contributed by atoms with van der Waals surface area (Å²) in [5, 5.41) is 0. The van der Waals surface area contributed by atoms with E-state index in [9.17, 15) is 0 Å². The van der Waals surface area contributed by atoms with Gasteiger partial charge in [-0.3, -0.25) is 0 Å². The second kappa shape index (κ2) is 3.70. The Bertz CT molecular complexity index is 392. The summed E-state index contributed by atoms with van der Waals surface area (Å²) < 4.78 is 10.7. The third-order valence-electron chi connectivity index (χ3n) is 2.30. The van der Waals surface area contributed by atoms with E-state index in [1.807, 2.05) is 38.1 Å². The highest BCUT2D eigenvalue weighted by Gasteiger charge is 2.22. The molecular formula is C13H14O2. The van der Waals surface area contributed by atoms with E-state index >= 15 is 0 Å². The van der Waals surface area contributed by atoms with E-state index < -0.39 is 0 Å². The van der Waals surface area contributed by atoms with Crippen molar-refractivity contribution in [2.24, 2.45) is 0 Å². The molecule has 2 rings (SSSR count). The Morgan fingerprint density at radius 3 is 2.87 bits per heavy atom. The van der Waals surface area contributed by atoms with Gasteiger partial charge in [-0.1, -0.05) is 18.2 Å². The topological polar surface area (TPSA) is 18.5 Å². The second-order valence-corrected chi connectivity index (χ2v) is 4.06. The number of benzene rings is 1. The van der Waals surface area contributed by atoms with Crippen molar-refractivity contribution >= 4 is 6.08 Å². The lowest BCUT2D eigenvalue weighted by Crippen LogP contribution is -2.27. The maximum atomic E-state index is 5.82. The molecule has 2 radical (unpaired) electrons. The summed E-state index contributed by atoms with van der Waals surface area (Å²) in [7, 11) is 1.59. The highest BCUT2D eigenvalue weighted by Crippen LogP contribution is 2.33. The Labute approximate surface area is 90.5 Å². The van der Waals surface area contributed by atoms with E-state index in [0.717, 1.165) is 16.9 Å². The maximum Gasteiger partial charge on any atom is 0.166 e. The number of fused-ring (bicyclic) bond motifs is 1. The van der Waals surface area contributed by atoms with Crippen LogP contribution in [0.25, 0.3) is 6.08 Å². The van der Waals surface area contributed by atoms with Crippen LogP contribution in [0.1, 0.15) is 25.0 Å². The van der Waals surface area contributed by atoms with Crippen molar-refractivity contribution in [3.63, 3.8) is 0 Å². The molecule has 0 fully saturated rings. The lowest BCUT2D eigenvalue weighted by Gasteiger charge is -2.28. The molecule has 2 nitrogen and oxygen atoms in total. The van der Waals surface area contributed by atoms with Gasteiger partial charge in [0.25, 0.3) is 0 Å². The third kappa shape index (κ3) is 2.05. The molecule has 0 atom stereocenters. The zero-order chi connectivity index (χ0) is 10.9. The molecule has 0 spiro atoms. The Hall–Kier alpha value is -1.28. The molecule has 1 heterocycles. The lowest BCUT2D eigenvalue weighted by molar-refractivity contribution is 0.158. The predicted molar refractivity (Wildman–Crippen MR) is 59.5 cm³/mol. The molecule has 0 saturated heterocycles. The van der Waals surface area contributed by atoms with Crippen molar-refractivity contribution in [1.82, 2.24) is 0 Å². The van der Waals surface area contributed by atoms with Crippen LogP contribution in [-0.4, -0.2) is 12.7 Å². The van der Waals surface area contributed by atoms with Gasteiger partial charge in [-0.15, -0.1) is 0 Å². The van der Waals surface area contributed by atoms with Crippen molar-refractivity contribution in [1.29, 1.82) is 0 Å². The molecule has 1 aliphatic rings. The summed E-state index contributed by atoms with van der Waals surface area (Å²) in [4.78, 5) is 0. The molecule has 15 heavy (non-hydrogen) atoms. The summed E-state index contributed by atoms with van der Waals surface area (Å²) in [6.07, 6.45) is 4.09. The lowest BCUT2D eigenvalue weighted by atomic mass is 9.99. The molecule has 0 N–H and O–H groups in total. The zero-order valence-corrected chi connectivity index (χ0v) is 9.20. The predicted octanol–water partition coefficient (Wildman–Crippen LogP) is 2.90. The van der Waals surface area contributed by atoms with Gasteiger partial charge in [-0.05, 0) is 26.0 Å². The average Bonchev–Trinajstić information content (AvgIpc) is 2.16. The van der Waals surface area contributed by atoms with Crippen LogP contribution in [0.4, 0.5) is 0 Å². The highest BCUT2D eigenvalue weighted by atomic mass is 16.5. The van der Waals surface area contributed by atoms with Gasteiger partial charge in [0.05, 0.1) is 0 Å². The largest absolute Gasteiger partial charge is 0.483 e. The number of rotatable bonds is 2. The molecule has 0 unspecified atom stereocenters. The van der Waals surface area contributed by atoms with Crippen molar-refractivity contribution in [3.05, 3.63) is 42.0 Å². The molecular weight excluding hydrogens is 188 g/mol. The van der Waals surface area contributed by atoms with Crippen molar-refractivity contribution in [2.45, 2.75) is 19.4 Å². The molecule has 1 aliphatic heterocycles. The number of hydrogen-bond acceptors (Lipinski definition) is 2. The molecule has 1 aromatic rings. The third-order valence-corrected chi connectivity index (χ3v) is 2.30. The van der Waals surface area contributed by atoms with Crippen LogP contribution < -0.4 is 4.74 Å². The van der Waals surface area contributed by atoms with E-state index in [-0.39, 0.29) is 5.60 Å². The van der Waals surface area contributed by atoms with Crippen LogP contribution in [0.5, 0.6) is 5.75 Å². The first-order valence-electron chi connectivity index (χ1n) is 4.93. The van der Waals surface area contributed by atoms with E-state index in [2.05, 4.69) is 12.7 Å². The first kappa shape index (κ1) is 10.2. The first-order chi connectivity index (χ1) is 7.12. The molecule has 0 aromatic heterocycles. The minimum atomic E-state index is -0.237. The molecule has 2 heteroatoms. The van der Waals surface area contributed by atoms with Gasteiger partial charge in [0.15, 0.2) is 6.61 Å². The Morgan fingerprint density at radius 2 is 2.13 bits per heavy atom. The van der Waals surface area contributed by atoms with Gasteiger partial charge in [-0.2, -0.15) is 0 Å². The average molecular weight is 202 g/mol. The molecule has 0 amide bonds. The molecule has 0 aliphatic carbocycles.